The Kier molecular flexibility index (Phi) is 5.88. The van der Waals surface area contributed by atoms with Crippen LogP contribution in [0.25, 0.3) is 0 Å². The summed E-state index contributed by atoms with van der Waals surface area (Å²) < 4.78 is 5.41. The van der Waals surface area contributed by atoms with Crippen LogP contribution in [0.15, 0.2) is 54.9 Å². The number of aromatic nitrogens is 2. The van der Waals surface area contributed by atoms with Crippen LogP contribution in [-0.4, -0.2) is 22.5 Å². The highest BCUT2D eigenvalue weighted by atomic mass is 35.5. The molecule has 0 saturated heterocycles. The van der Waals surface area contributed by atoms with E-state index in [0.29, 0.717) is 23.1 Å². The van der Waals surface area contributed by atoms with Gasteiger partial charge in [-0.15, -0.1) is 0 Å². The van der Waals surface area contributed by atoms with Crippen LogP contribution in [-0.2, 0) is 0 Å². The predicted molar refractivity (Wildman–Crippen MR) is 107 cm³/mol. The van der Waals surface area contributed by atoms with E-state index in [4.69, 9.17) is 16.3 Å². The molecule has 1 amide bonds. The first kappa shape index (κ1) is 18.7. The molecule has 0 radical (unpaired) electrons. The Bertz CT molecular complexity index is 928. The summed E-state index contributed by atoms with van der Waals surface area (Å²) in [6.07, 6.45) is 2.93. The van der Waals surface area contributed by atoms with Crippen LogP contribution in [0.1, 0.15) is 23.0 Å². The number of hydrogen-bond acceptors (Lipinski definition) is 5. The molecule has 0 atom stereocenters. The Morgan fingerprint density at radius 1 is 1.07 bits per heavy atom. The molecule has 0 aliphatic rings. The monoisotopic (exact) mass is 382 g/mol. The lowest BCUT2D eigenvalue weighted by atomic mass is 10.2. The van der Waals surface area contributed by atoms with Crippen molar-refractivity contribution in [2.24, 2.45) is 0 Å². The van der Waals surface area contributed by atoms with Crippen molar-refractivity contribution in [3.05, 3.63) is 71.1 Å². The SMILES string of the molecule is CCOc1ccc(Nc2cnc(C(=O)Nc3ccc(C)c(Cl)c3)cn2)cc1. The number of carbonyl (C=O) groups is 1. The molecule has 0 aliphatic heterocycles. The van der Waals surface area contributed by atoms with Crippen molar-refractivity contribution in [1.29, 1.82) is 0 Å². The zero-order valence-electron chi connectivity index (χ0n) is 15.0. The van der Waals surface area contributed by atoms with Crippen LogP contribution in [0.5, 0.6) is 5.75 Å². The van der Waals surface area contributed by atoms with E-state index in [9.17, 15) is 4.79 Å². The first-order valence-electron chi connectivity index (χ1n) is 8.44. The van der Waals surface area contributed by atoms with Crippen molar-refractivity contribution in [2.75, 3.05) is 17.2 Å². The molecule has 1 heterocycles. The molecule has 7 heteroatoms. The van der Waals surface area contributed by atoms with Crippen molar-refractivity contribution in [2.45, 2.75) is 13.8 Å². The van der Waals surface area contributed by atoms with Gasteiger partial charge in [-0.25, -0.2) is 9.97 Å². The number of halogens is 1. The van der Waals surface area contributed by atoms with Gasteiger partial charge in [-0.1, -0.05) is 17.7 Å². The summed E-state index contributed by atoms with van der Waals surface area (Å²) in [6.45, 7) is 4.46. The molecular weight excluding hydrogens is 364 g/mol. The third-order valence-corrected chi connectivity index (χ3v) is 4.16. The Morgan fingerprint density at radius 2 is 1.81 bits per heavy atom. The molecule has 0 bridgehead atoms. The minimum absolute atomic E-state index is 0.212. The van der Waals surface area contributed by atoms with Crippen molar-refractivity contribution >= 4 is 34.7 Å². The fourth-order valence-electron chi connectivity index (χ4n) is 2.32. The summed E-state index contributed by atoms with van der Waals surface area (Å²) in [5, 5.41) is 6.47. The minimum atomic E-state index is -0.352. The van der Waals surface area contributed by atoms with E-state index in [1.807, 2.05) is 44.2 Å². The Morgan fingerprint density at radius 3 is 2.44 bits per heavy atom. The molecule has 1 aromatic heterocycles. The van der Waals surface area contributed by atoms with E-state index in [-0.39, 0.29) is 11.6 Å². The number of carbonyl (C=O) groups excluding carboxylic acids is 1. The van der Waals surface area contributed by atoms with Crippen LogP contribution in [0.3, 0.4) is 0 Å². The zero-order chi connectivity index (χ0) is 19.2. The number of rotatable bonds is 6. The maximum atomic E-state index is 12.3. The van der Waals surface area contributed by atoms with Crippen molar-refractivity contribution in [3.8, 4) is 5.75 Å². The average Bonchev–Trinajstić information content (AvgIpc) is 2.67. The Hall–Kier alpha value is -3.12. The molecule has 2 N–H and O–H groups in total. The topological polar surface area (TPSA) is 76.1 Å². The number of nitrogens with zero attached hydrogens (tertiary/aromatic N) is 2. The highest BCUT2D eigenvalue weighted by Crippen LogP contribution is 2.21. The van der Waals surface area contributed by atoms with Gasteiger partial charge in [-0.3, -0.25) is 4.79 Å². The summed E-state index contributed by atoms with van der Waals surface area (Å²) in [5.74, 6) is 0.987. The molecule has 6 nitrogen and oxygen atoms in total. The summed E-state index contributed by atoms with van der Waals surface area (Å²) >= 11 is 6.07. The van der Waals surface area contributed by atoms with Crippen LogP contribution in [0, 0.1) is 6.92 Å². The van der Waals surface area contributed by atoms with Crippen molar-refractivity contribution in [3.63, 3.8) is 0 Å². The van der Waals surface area contributed by atoms with Crippen LogP contribution >= 0.6 is 11.6 Å². The van der Waals surface area contributed by atoms with Crippen molar-refractivity contribution < 1.29 is 9.53 Å². The fraction of sp³-hybridized carbons (Fsp3) is 0.150. The van der Waals surface area contributed by atoms with Gasteiger partial charge in [0.25, 0.3) is 5.91 Å². The summed E-state index contributed by atoms with van der Waals surface area (Å²) in [4.78, 5) is 20.7. The molecule has 3 rings (SSSR count). The van der Waals surface area contributed by atoms with Gasteiger partial charge in [0.1, 0.15) is 17.3 Å². The molecule has 27 heavy (non-hydrogen) atoms. The fourth-order valence-corrected chi connectivity index (χ4v) is 2.51. The second-order valence-electron chi connectivity index (χ2n) is 5.79. The van der Waals surface area contributed by atoms with E-state index in [2.05, 4.69) is 20.6 Å². The molecule has 0 unspecified atom stereocenters. The van der Waals surface area contributed by atoms with Gasteiger partial charge in [0.15, 0.2) is 0 Å². The van der Waals surface area contributed by atoms with Gasteiger partial charge in [0.05, 0.1) is 19.0 Å². The Labute approximate surface area is 162 Å². The molecule has 0 spiro atoms. The van der Waals surface area contributed by atoms with E-state index in [0.717, 1.165) is 17.0 Å². The third kappa shape index (κ3) is 4.95. The van der Waals surface area contributed by atoms with Crippen LogP contribution < -0.4 is 15.4 Å². The van der Waals surface area contributed by atoms with Gasteiger partial charge in [-0.05, 0) is 55.8 Å². The van der Waals surface area contributed by atoms with E-state index < -0.39 is 0 Å². The van der Waals surface area contributed by atoms with Gasteiger partial charge < -0.3 is 15.4 Å². The summed E-state index contributed by atoms with van der Waals surface area (Å²) in [6, 6.07) is 12.8. The van der Waals surface area contributed by atoms with E-state index in [1.165, 1.54) is 12.4 Å². The molecular formula is C20H19ClN4O2. The molecule has 0 fully saturated rings. The average molecular weight is 383 g/mol. The molecule has 138 valence electrons. The normalized spacial score (nSPS) is 10.3. The molecule has 2 aromatic carbocycles. The number of ether oxygens (including phenoxy) is 1. The smallest absolute Gasteiger partial charge is 0.275 e. The number of aryl methyl sites for hydroxylation is 1. The van der Waals surface area contributed by atoms with Gasteiger partial charge in [-0.2, -0.15) is 0 Å². The number of hydrogen-bond donors (Lipinski definition) is 2. The first-order chi connectivity index (χ1) is 13.0. The van der Waals surface area contributed by atoms with Gasteiger partial charge in [0, 0.05) is 16.4 Å². The zero-order valence-corrected chi connectivity index (χ0v) is 15.7. The standard InChI is InChI=1S/C20H19ClN4O2/c1-3-27-16-8-6-14(7-9-16)24-19-12-22-18(11-23-19)20(26)25-15-5-4-13(2)17(21)10-15/h4-12H,3H2,1-2H3,(H,23,24)(H,25,26). The molecule has 0 aliphatic carbocycles. The number of benzene rings is 2. The second kappa shape index (κ2) is 8.51. The van der Waals surface area contributed by atoms with Gasteiger partial charge in [0.2, 0.25) is 0 Å². The molecule has 3 aromatic rings. The number of anilines is 3. The van der Waals surface area contributed by atoms with Gasteiger partial charge >= 0.3 is 0 Å². The van der Waals surface area contributed by atoms with Crippen LogP contribution in [0.4, 0.5) is 17.2 Å². The number of amides is 1. The highest BCUT2D eigenvalue weighted by molar-refractivity contribution is 6.31. The maximum absolute atomic E-state index is 12.3. The third-order valence-electron chi connectivity index (χ3n) is 3.75. The lowest BCUT2D eigenvalue weighted by Gasteiger charge is -2.08. The highest BCUT2D eigenvalue weighted by Gasteiger charge is 2.09. The minimum Gasteiger partial charge on any atom is -0.494 e. The number of nitrogens with one attached hydrogen (secondary N) is 2. The quantitative estimate of drug-likeness (QED) is 0.638. The molecule has 0 saturated carbocycles. The van der Waals surface area contributed by atoms with E-state index >= 15 is 0 Å². The maximum Gasteiger partial charge on any atom is 0.275 e. The van der Waals surface area contributed by atoms with Crippen molar-refractivity contribution in [1.82, 2.24) is 9.97 Å². The largest absolute Gasteiger partial charge is 0.494 e. The van der Waals surface area contributed by atoms with Crippen LogP contribution in [0.2, 0.25) is 5.02 Å². The summed E-state index contributed by atoms with van der Waals surface area (Å²) in [5.41, 5.74) is 2.61. The summed E-state index contributed by atoms with van der Waals surface area (Å²) in [7, 11) is 0. The predicted octanol–water partition coefficient (Wildman–Crippen LogP) is 4.83. The lowest BCUT2D eigenvalue weighted by molar-refractivity contribution is 0.102. The second-order valence-corrected chi connectivity index (χ2v) is 6.19. The lowest BCUT2D eigenvalue weighted by Crippen LogP contribution is -2.14. The Balaban J connectivity index is 1.63. The first-order valence-corrected chi connectivity index (χ1v) is 8.82. The van der Waals surface area contributed by atoms with E-state index in [1.54, 1.807) is 12.1 Å².